The molecule has 0 saturated carbocycles. The van der Waals surface area contributed by atoms with Crippen LogP contribution in [0.25, 0.3) is 6.08 Å². The Kier molecular flexibility index (Phi) is 5.39. The van der Waals surface area contributed by atoms with E-state index >= 15 is 0 Å². The average Bonchev–Trinajstić information content (AvgIpc) is 2.32. The van der Waals surface area contributed by atoms with Gasteiger partial charge in [0, 0.05) is 0 Å². The largest absolute Gasteiger partial charge is 0.0811 e. The first-order chi connectivity index (χ1) is 9.14. The van der Waals surface area contributed by atoms with Crippen LogP contribution in [0.2, 0.25) is 0 Å². The first-order valence-corrected chi connectivity index (χ1v) is 7.64. The van der Waals surface area contributed by atoms with Crippen molar-refractivity contribution in [3.63, 3.8) is 0 Å². The van der Waals surface area contributed by atoms with Gasteiger partial charge in [0.2, 0.25) is 0 Å². The molecule has 1 aromatic carbocycles. The van der Waals surface area contributed by atoms with E-state index in [1.54, 1.807) is 0 Å². The van der Waals surface area contributed by atoms with E-state index in [0.29, 0.717) is 0 Å². The van der Waals surface area contributed by atoms with Gasteiger partial charge in [-0.1, -0.05) is 91.0 Å². The molecule has 0 N–H and O–H groups in total. The molecule has 20 heavy (non-hydrogen) atoms. The van der Waals surface area contributed by atoms with Crippen LogP contribution in [-0.4, -0.2) is 0 Å². The molecule has 0 spiro atoms. The van der Waals surface area contributed by atoms with Crippen LogP contribution in [0, 0.1) is 5.41 Å². The standard InChI is InChI=1S/C20H30/c1-8-9-17(19(2,3)4)13-10-16-11-14-18(15-12-16)20(5,6)7/h9-15H,8H2,1-7H3/b13-10-,17-9+. The fraction of sp³-hybridized carbons (Fsp3) is 0.500. The molecule has 0 bridgehead atoms. The van der Waals surface area contributed by atoms with Crippen LogP contribution in [0.5, 0.6) is 0 Å². The lowest BCUT2D eigenvalue weighted by molar-refractivity contribution is 0.515. The first kappa shape index (κ1) is 16.8. The lowest BCUT2D eigenvalue weighted by atomic mass is 9.85. The molecular weight excluding hydrogens is 240 g/mol. The Morgan fingerprint density at radius 2 is 1.50 bits per heavy atom. The van der Waals surface area contributed by atoms with Crippen molar-refractivity contribution in [1.82, 2.24) is 0 Å². The number of hydrogen-bond acceptors (Lipinski definition) is 0. The van der Waals surface area contributed by atoms with Gasteiger partial charge in [-0.3, -0.25) is 0 Å². The second-order valence-electron chi connectivity index (χ2n) is 7.52. The molecule has 0 aliphatic carbocycles. The minimum atomic E-state index is 0.206. The molecule has 0 aromatic heterocycles. The molecule has 0 saturated heterocycles. The third kappa shape index (κ3) is 5.00. The van der Waals surface area contributed by atoms with Crippen molar-refractivity contribution in [2.75, 3.05) is 0 Å². The van der Waals surface area contributed by atoms with E-state index in [9.17, 15) is 0 Å². The smallest absolute Gasteiger partial charge is 0.0132 e. The maximum atomic E-state index is 2.32. The Labute approximate surface area is 125 Å². The zero-order chi connectivity index (χ0) is 15.4. The highest BCUT2D eigenvalue weighted by Crippen LogP contribution is 2.28. The van der Waals surface area contributed by atoms with Crippen LogP contribution in [0.15, 0.2) is 42.0 Å². The Morgan fingerprint density at radius 1 is 0.950 bits per heavy atom. The quantitative estimate of drug-likeness (QED) is 0.559. The SMILES string of the molecule is CC/C=C(\C=C/c1ccc(C(C)(C)C)cc1)C(C)(C)C. The van der Waals surface area contributed by atoms with Gasteiger partial charge >= 0.3 is 0 Å². The Bertz CT molecular complexity index is 470. The fourth-order valence-electron chi connectivity index (χ4n) is 2.12. The van der Waals surface area contributed by atoms with Gasteiger partial charge in [-0.2, -0.15) is 0 Å². The predicted octanol–water partition coefficient (Wildman–Crippen LogP) is 6.38. The van der Waals surface area contributed by atoms with Crippen molar-refractivity contribution < 1.29 is 0 Å². The summed E-state index contributed by atoms with van der Waals surface area (Å²) in [4.78, 5) is 0. The molecule has 0 aliphatic heterocycles. The molecule has 0 heteroatoms. The van der Waals surface area contributed by atoms with E-state index < -0.39 is 0 Å². The maximum absolute atomic E-state index is 2.32. The summed E-state index contributed by atoms with van der Waals surface area (Å²) in [6, 6.07) is 8.90. The van der Waals surface area contributed by atoms with Gasteiger partial charge in [0.15, 0.2) is 0 Å². The summed E-state index contributed by atoms with van der Waals surface area (Å²) in [7, 11) is 0. The highest BCUT2D eigenvalue weighted by atomic mass is 14.2. The normalized spacial score (nSPS) is 14.1. The van der Waals surface area contributed by atoms with E-state index in [4.69, 9.17) is 0 Å². The third-order valence-corrected chi connectivity index (χ3v) is 3.52. The van der Waals surface area contributed by atoms with Gasteiger partial charge in [0.1, 0.15) is 0 Å². The van der Waals surface area contributed by atoms with Crippen molar-refractivity contribution in [3.05, 3.63) is 53.1 Å². The minimum absolute atomic E-state index is 0.206. The minimum Gasteiger partial charge on any atom is -0.0811 e. The second-order valence-corrected chi connectivity index (χ2v) is 7.52. The van der Waals surface area contributed by atoms with Crippen molar-refractivity contribution in [2.24, 2.45) is 5.41 Å². The monoisotopic (exact) mass is 270 g/mol. The van der Waals surface area contributed by atoms with E-state index in [2.05, 4.69) is 91.0 Å². The lowest BCUT2D eigenvalue weighted by Gasteiger charge is -2.20. The van der Waals surface area contributed by atoms with Crippen LogP contribution in [0.1, 0.15) is 66.0 Å². The van der Waals surface area contributed by atoms with Gasteiger partial charge in [0.05, 0.1) is 0 Å². The van der Waals surface area contributed by atoms with Crippen molar-refractivity contribution in [1.29, 1.82) is 0 Å². The average molecular weight is 270 g/mol. The van der Waals surface area contributed by atoms with Gasteiger partial charge < -0.3 is 0 Å². The fourth-order valence-corrected chi connectivity index (χ4v) is 2.12. The van der Waals surface area contributed by atoms with Crippen molar-refractivity contribution in [2.45, 2.75) is 60.3 Å². The first-order valence-electron chi connectivity index (χ1n) is 7.64. The van der Waals surface area contributed by atoms with E-state index in [0.717, 1.165) is 6.42 Å². The molecule has 0 amide bonds. The van der Waals surface area contributed by atoms with Gasteiger partial charge in [0.25, 0.3) is 0 Å². The van der Waals surface area contributed by atoms with Crippen LogP contribution in [-0.2, 0) is 5.41 Å². The molecule has 0 aliphatic rings. The molecule has 0 atom stereocenters. The Balaban J connectivity index is 2.93. The van der Waals surface area contributed by atoms with Crippen molar-refractivity contribution >= 4 is 6.08 Å². The number of allylic oxidation sites excluding steroid dienone is 3. The van der Waals surface area contributed by atoms with Gasteiger partial charge in [-0.15, -0.1) is 0 Å². The summed E-state index contributed by atoms with van der Waals surface area (Å²) in [6.45, 7) is 15.7. The molecule has 0 unspecified atom stereocenters. The van der Waals surface area contributed by atoms with Crippen LogP contribution < -0.4 is 0 Å². The lowest BCUT2D eigenvalue weighted by Crippen LogP contribution is -2.10. The van der Waals surface area contributed by atoms with E-state index in [1.165, 1.54) is 16.7 Å². The summed E-state index contributed by atoms with van der Waals surface area (Å²) in [5, 5.41) is 0. The third-order valence-electron chi connectivity index (χ3n) is 3.52. The van der Waals surface area contributed by atoms with Gasteiger partial charge in [-0.25, -0.2) is 0 Å². The predicted molar refractivity (Wildman–Crippen MR) is 92.0 cm³/mol. The Hall–Kier alpha value is -1.30. The van der Waals surface area contributed by atoms with E-state index in [1.807, 2.05) is 0 Å². The highest BCUT2D eigenvalue weighted by molar-refractivity contribution is 5.54. The molecule has 0 heterocycles. The number of rotatable bonds is 3. The zero-order valence-corrected chi connectivity index (χ0v) is 14.2. The molecule has 1 rings (SSSR count). The molecular formula is C20H30. The zero-order valence-electron chi connectivity index (χ0n) is 14.2. The Morgan fingerprint density at radius 3 is 1.90 bits per heavy atom. The molecule has 0 fully saturated rings. The molecule has 1 aromatic rings. The topological polar surface area (TPSA) is 0 Å². The van der Waals surface area contributed by atoms with Crippen molar-refractivity contribution in [3.8, 4) is 0 Å². The molecule has 0 nitrogen and oxygen atoms in total. The van der Waals surface area contributed by atoms with Gasteiger partial charge in [-0.05, 0) is 34.0 Å². The molecule has 0 radical (unpaired) electrons. The van der Waals surface area contributed by atoms with Crippen LogP contribution in [0.4, 0.5) is 0 Å². The second kappa shape index (κ2) is 6.43. The van der Waals surface area contributed by atoms with Crippen LogP contribution >= 0.6 is 0 Å². The summed E-state index contributed by atoms with van der Waals surface area (Å²) in [5.74, 6) is 0. The van der Waals surface area contributed by atoms with Crippen LogP contribution in [0.3, 0.4) is 0 Å². The highest BCUT2D eigenvalue weighted by Gasteiger charge is 2.14. The summed E-state index contributed by atoms with van der Waals surface area (Å²) in [6.07, 6.45) is 7.88. The number of hydrogen-bond donors (Lipinski definition) is 0. The van der Waals surface area contributed by atoms with E-state index in [-0.39, 0.29) is 10.8 Å². The summed E-state index contributed by atoms with van der Waals surface area (Å²) < 4.78 is 0. The molecule has 110 valence electrons. The number of benzene rings is 1. The summed E-state index contributed by atoms with van der Waals surface area (Å²) in [5.41, 5.74) is 4.48. The maximum Gasteiger partial charge on any atom is -0.0132 e. The summed E-state index contributed by atoms with van der Waals surface area (Å²) >= 11 is 0.